The van der Waals surface area contributed by atoms with Gasteiger partial charge in [-0.25, -0.2) is 14.5 Å². The van der Waals surface area contributed by atoms with Gasteiger partial charge in [-0.2, -0.15) is 5.26 Å². The Kier molecular flexibility index (Phi) is 4.04. The lowest BCUT2D eigenvalue weighted by Crippen LogP contribution is -2.36. The van der Waals surface area contributed by atoms with Crippen molar-refractivity contribution in [3.63, 3.8) is 0 Å². The molecule has 1 heterocycles. The number of rotatable bonds is 3. The van der Waals surface area contributed by atoms with E-state index in [2.05, 4.69) is 20.7 Å². The third-order valence-electron chi connectivity index (χ3n) is 2.23. The Morgan fingerprint density at radius 2 is 2.05 bits per heavy atom. The molecule has 0 fully saturated rings. The number of nitrogens with one attached hydrogen (secondary N) is 2. The number of amides is 3. The molecule has 2 rings (SSSR count). The van der Waals surface area contributed by atoms with Crippen LogP contribution in [0.4, 0.5) is 10.5 Å². The molecule has 1 aromatic heterocycles. The molecule has 0 aliphatic heterocycles. The molecule has 8 nitrogen and oxygen atoms in total. The van der Waals surface area contributed by atoms with Crippen LogP contribution in [0.3, 0.4) is 0 Å². The van der Waals surface area contributed by atoms with Crippen LogP contribution in [0.1, 0.15) is 5.82 Å². The lowest BCUT2D eigenvalue weighted by molar-refractivity contribution is -0.120. The van der Waals surface area contributed by atoms with Crippen molar-refractivity contribution in [3.05, 3.63) is 42.5 Å². The predicted molar refractivity (Wildman–Crippen MR) is 68.3 cm³/mol. The molecule has 20 heavy (non-hydrogen) atoms. The Labute approximate surface area is 114 Å². The predicted octanol–water partition coefficient (Wildman–Crippen LogP) is 0.498. The zero-order valence-corrected chi connectivity index (χ0v) is 10.3. The number of nitriles is 1. The third-order valence-corrected chi connectivity index (χ3v) is 2.23. The van der Waals surface area contributed by atoms with Gasteiger partial charge in [0.05, 0.1) is 0 Å². The first-order chi connectivity index (χ1) is 9.67. The van der Waals surface area contributed by atoms with Crippen molar-refractivity contribution in [2.75, 3.05) is 5.32 Å². The molecule has 0 saturated heterocycles. The van der Waals surface area contributed by atoms with Crippen molar-refractivity contribution in [1.29, 1.82) is 5.26 Å². The molecule has 0 atom stereocenters. The van der Waals surface area contributed by atoms with E-state index in [-0.39, 0.29) is 12.4 Å². The zero-order chi connectivity index (χ0) is 14.4. The average molecular weight is 270 g/mol. The van der Waals surface area contributed by atoms with Gasteiger partial charge in [-0.05, 0) is 12.1 Å². The first-order valence-corrected chi connectivity index (χ1v) is 5.63. The van der Waals surface area contributed by atoms with Crippen LogP contribution in [-0.2, 0) is 11.3 Å². The number of carbonyl (C=O) groups is 2. The largest absolute Gasteiger partial charge is 0.325 e. The van der Waals surface area contributed by atoms with Gasteiger partial charge in [0.25, 0.3) is 5.82 Å². The maximum atomic E-state index is 11.6. The van der Waals surface area contributed by atoms with Crippen LogP contribution in [0.5, 0.6) is 0 Å². The van der Waals surface area contributed by atoms with Gasteiger partial charge in [0.2, 0.25) is 5.91 Å². The minimum Gasteiger partial charge on any atom is -0.308 e. The van der Waals surface area contributed by atoms with Gasteiger partial charge in [-0.3, -0.25) is 10.1 Å². The Morgan fingerprint density at radius 1 is 1.30 bits per heavy atom. The number of anilines is 1. The summed E-state index contributed by atoms with van der Waals surface area (Å²) in [5.41, 5.74) is 0.574. The second-order valence-corrected chi connectivity index (χ2v) is 3.75. The summed E-state index contributed by atoms with van der Waals surface area (Å²) in [6.45, 7) is -0.198. The maximum Gasteiger partial charge on any atom is 0.325 e. The van der Waals surface area contributed by atoms with E-state index >= 15 is 0 Å². The Hall–Kier alpha value is -3.21. The van der Waals surface area contributed by atoms with E-state index in [1.54, 1.807) is 30.3 Å². The highest BCUT2D eigenvalue weighted by molar-refractivity contribution is 6.00. The number of carbonyl (C=O) groups excluding carboxylic acids is 2. The number of hydrogen-bond donors (Lipinski definition) is 2. The molecule has 3 amide bonds. The molecule has 8 heteroatoms. The fraction of sp³-hybridized carbons (Fsp3) is 0.0833. The molecule has 2 N–H and O–H groups in total. The molecule has 0 bridgehead atoms. The lowest BCUT2D eigenvalue weighted by Gasteiger charge is -2.06. The summed E-state index contributed by atoms with van der Waals surface area (Å²) >= 11 is 0. The topological polar surface area (TPSA) is 113 Å². The summed E-state index contributed by atoms with van der Waals surface area (Å²) in [4.78, 5) is 26.7. The van der Waals surface area contributed by atoms with Crippen molar-refractivity contribution in [1.82, 2.24) is 20.1 Å². The van der Waals surface area contributed by atoms with Gasteiger partial charge >= 0.3 is 6.03 Å². The first-order valence-electron chi connectivity index (χ1n) is 5.63. The normalized spacial score (nSPS) is 9.55. The Bertz CT molecular complexity index is 658. The zero-order valence-electron chi connectivity index (χ0n) is 10.3. The van der Waals surface area contributed by atoms with E-state index in [0.29, 0.717) is 5.69 Å². The first kappa shape index (κ1) is 13.2. The fourth-order valence-electron chi connectivity index (χ4n) is 1.42. The molecular formula is C12H10N6O2. The van der Waals surface area contributed by atoms with Crippen LogP contribution in [-0.4, -0.2) is 26.7 Å². The van der Waals surface area contributed by atoms with Crippen LogP contribution >= 0.6 is 0 Å². The molecule has 0 spiro atoms. The molecule has 100 valence electrons. The fourth-order valence-corrected chi connectivity index (χ4v) is 1.42. The van der Waals surface area contributed by atoms with Gasteiger partial charge in [0, 0.05) is 5.69 Å². The van der Waals surface area contributed by atoms with Crippen LogP contribution in [0.2, 0.25) is 0 Å². The number of hydrogen-bond acceptors (Lipinski definition) is 5. The van der Waals surface area contributed by atoms with Crippen LogP contribution in [0, 0.1) is 11.3 Å². The molecule has 0 saturated carbocycles. The number of imide groups is 1. The Balaban J connectivity index is 1.85. The van der Waals surface area contributed by atoms with Crippen molar-refractivity contribution >= 4 is 17.6 Å². The van der Waals surface area contributed by atoms with Gasteiger partial charge in [0.1, 0.15) is 18.9 Å². The van der Waals surface area contributed by atoms with Gasteiger partial charge in [-0.15, -0.1) is 5.10 Å². The van der Waals surface area contributed by atoms with E-state index in [1.165, 1.54) is 11.0 Å². The van der Waals surface area contributed by atoms with Gasteiger partial charge in [0.15, 0.2) is 0 Å². The molecule has 2 aromatic rings. The molecule has 0 aliphatic rings. The van der Waals surface area contributed by atoms with Gasteiger partial charge < -0.3 is 5.32 Å². The van der Waals surface area contributed by atoms with E-state index < -0.39 is 11.9 Å². The number of para-hydroxylation sites is 1. The summed E-state index contributed by atoms with van der Waals surface area (Å²) < 4.78 is 1.17. The molecule has 0 aliphatic carbocycles. The van der Waals surface area contributed by atoms with Gasteiger partial charge in [-0.1, -0.05) is 18.2 Å². The number of nitrogens with zero attached hydrogens (tertiary/aromatic N) is 4. The number of urea groups is 1. The molecule has 0 radical (unpaired) electrons. The standard InChI is InChI=1S/C12H10N6O2/c13-6-10-14-8-18(17-10)7-11(19)16-12(20)15-9-4-2-1-3-5-9/h1-5,8H,7H2,(H2,15,16,19,20). The Morgan fingerprint density at radius 3 is 2.70 bits per heavy atom. The average Bonchev–Trinajstić information content (AvgIpc) is 2.87. The molecular weight excluding hydrogens is 260 g/mol. The summed E-state index contributed by atoms with van der Waals surface area (Å²) in [7, 11) is 0. The monoisotopic (exact) mass is 270 g/mol. The van der Waals surface area contributed by atoms with E-state index in [9.17, 15) is 9.59 Å². The second-order valence-electron chi connectivity index (χ2n) is 3.75. The quantitative estimate of drug-likeness (QED) is 0.843. The van der Waals surface area contributed by atoms with E-state index in [4.69, 9.17) is 5.26 Å². The van der Waals surface area contributed by atoms with Crippen molar-refractivity contribution in [2.24, 2.45) is 0 Å². The van der Waals surface area contributed by atoms with Crippen molar-refractivity contribution in [2.45, 2.75) is 6.54 Å². The van der Waals surface area contributed by atoms with Crippen LogP contribution < -0.4 is 10.6 Å². The minimum absolute atomic E-state index is 0.0356. The second kappa shape index (κ2) is 6.10. The van der Waals surface area contributed by atoms with Crippen molar-refractivity contribution < 1.29 is 9.59 Å². The number of benzene rings is 1. The number of aromatic nitrogens is 3. The maximum absolute atomic E-state index is 11.6. The summed E-state index contributed by atoms with van der Waals surface area (Å²) in [5.74, 6) is -0.598. The summed E-state index contributed by atoms with van der Waals surface area (Å²) in [6, 6.07) is 9.82. The highest BCUT2D eigenvalue weighted by Gasteiger charge is 2.09. The summed E-state index contributed by atoms with van der Waals surface area (Å²) in [6.07, 6.45) is 1.24. The highest BCUT2D eigenvalue weighted by atomic mass is 16.2. The third kappa shape index (κ3) is 3.64. The summed E-state index contributed by atoms with van der Waals surface area (Å²) in [5, 5.41) is 16.9. The molecule has 1 aromatic carbocycles. The molecule has 0 unspecified atom stereocenters. The van der Waals surface area contributed by atoms with Crippen LogP contribution in [0.25, 0.3) is 0 Å². The SMILES string of the molecule is N#Cc1ncn(CC(=O)NC(=O)Nc2ccccc2)n1. The highest BCUT2D eigenvalue weighted by Crippen LogP contribution is 2.03. The smallest absolute Gasteiger partial charge is 0.308 e. The van der Waals surface area contributed by atoms with Crippen LogP contribution in [0.15, 0.2) is 36.7 Å². The van der Waals surface area contributed by atoms with E-state index in [1.807, 2.05) is 6.07 Å². The minimum atomic E-state index is -0.637. The van der Waals surface area contributed by atoms with E-state index in [0.717, 1.165) is 0 Å². The lowest BCUT2D eigenvalue weighted by atomic mass is 10.3. The van der Waals surface area contributed by atoms with Crippen molar-refractivity contribution in [3.8, 4) is 6.07 Å².